The summed E-state index contributed by atoms with van der Waals surface area (Å²) in [7, 11) is 0. The fourth-order valence-corrected chi connectivity index (χ4v) is 1.99. The molecular weight excluding hydrogens is 214 g/mol. The maximum Gasteiger partial charge on any atom is 0.337 e. The van der Waals surface area contributed by atoms with Gasteiger partial charge in [-0.1, -0.05) is 24.8 Å². The van der Waals surface area contributed by atoms with E-state index in [4.69, 9.17) is 0 Å². The molecule has 3 heteroatoms. The van der Waals surface area contributed by atoms with Gasteiger partial charge in [0.2, 0.25) is 0 Å². The minimum Gasteiger partial charge on any atom is -0.478 e. The highest BCUT2D eigenvalue weighted by atomic mass is 16.4. The molecule has 1 aromatic heterocycles. The molecule has 0 spiro atoms. The van der Waals surface area contributed by atoms with Crippen molar-refractivity contribution in [3.8, 4) is 0 Å². The van der Waals surface area contributed by atoms with Crippen molar-refractivity contribution in [3.63, 3.8) is 0 Å². The van der Waals surface area contributed by atoms with Crippen LogP contribution in [0.1, 0.15) is 35.8 Å². The summed E-state index contributed by atoms with van der Waals surface area (Å²) in [5, 5.41) is 9.95. The number of aromatic carboxylic acids is 1. The Bertz CT molecular complexity index is 594. The molecule has 0 radical (unpaired) electrons. The molecule has 0 saturated heterocycles. The Kier molecular flexibility index (Phi) is 2.76. The van der Waals surface area contributed by atoms with Gasteiger partial charge in [-0.05, 0) is 25.5 Å². The van der Waals surface area contributed by atoms with Crippen molar-refractivity contribution in [2.24, 2.45) is 0 Å². The molecule has 2 aromatic rings. The molecule has 0 aliphatic carbocycles. The molecule has 17 heavy (non-hydrogen) atoms. The summed E-state index contributed by atoms with van der Waals surface area (Å²) in [6, 6.07) is 5.92. The van der Waals surface area contributed by atoms with Gasteiger partial charge in [0.25, 0.3) is 0 Å². The Labute approximate surface area is 100.0 Å². The summed E-state index contributed by atoms with van der Waals surface area (Å²) in [5.41, 5.74) is 2.29. The maximum atomic E-state index is 11.2. The second-order valence-corrected chi connectivity index (χ2v) is 4.33. The van der Waals surface area contributed by atoms with Gasteiger partial charge in [-0.25, -0.2) is 4.79 Å². The van der Waals surface area contributed by atoms with Gasteiger partial charge in [0.15, 0.2) is 0 Å². The van der Waals surface area contributed by atoms with Crippen molar-refractivity contribution >= 4 is 22.9 Å². The molecule has 0 aliphatic rings. The summed E-state index contributed by atoms with van der Waals surface area (Å²) in [6.07, 6.45) is 3.46. The van der Waals surface area contributed by atoms with Gasteiger partial charge in [0.05, 0.1) is 5.56 Å². The van der Waals surface area contributed by atoms with E-state index in [1.165, 1.54) is 0 Å². The first-order chi connectivity index (χ1) is 8.04. The largest absolute Gasteiger partial charge is 0.478 e. The molecule has 0 atom stereocenters. The number of nitrogens with zero attached hydrogens (tertiary/aromatic N) is 1. The molecule has 0 saturated carbocycles. The van der Waals surface area contributed by atoms with Crippen molar-refractivity contribution in [2.75, 3.05) is 0 Å². The standard InChI is InChI=1S/C14H15NO2/c1-4-10-5-6-11-12(14(16)17)8-15(9(2)3)13(11)7-10/h4-9H,1H2,2-3H3,(H,16,17). The summed E-state index contributed by atoms with van der Waals surface area (Å²) < 4.78 is 1.98. The van der Waals surface area contributed by atoms with Crippen LogP contribution in [-0.2, 0) is 0 Å². The molecule has 0 fully saturated rings. The lowest BCUT2D eigenvalue weighted by atomic mass is 10.1. The number of hydrogen-bond acceptors (Lipinski definition) is 1. The Hall–Kier alpha value is -2.03. The van der Waals surface area contributed by atoms with E-state index in [0.717, 1.165) is 16.5 Å². The lowest BCUT2D eigenvalue weighted by Crippen LogP contribution is -1.99. The van der Waals surface area contributed by atoms with E-state index in [0.29, 0.717) is 5.56 Å². The van der Waals surface area contributed by atoms with Gasteiger partial charge in [0, 0.05) is 23.1 Å². The summed E-state index contributed by atoms with van der Waals surface area (Å²) in [5.74, 6) is -0.888. The molecule has 0 unspecified atom stereocenters. The van der Waals surface area contributed by atoms with E-state index in [1.807, 2.05) is 36.6 Å². The molecule has 0 aliphatic heterocycles. The number of carbonyl (C=O) groups is 1. The van der Waals surface area contributed by atoms with Crippen molar-refractivity contribution in [3.05, 3.63) is 42.1 Å². The van der Waals surface area contributed by atoms with E-state index >= 15 is 0 Å². The quantitative estimate of drug-likeness (QED) is 0.874. The summed E-state index contributed by atoms with van der Waals surface area (Å²) in [6.45, 7) is 7.80. The van der Waals surface area contributed by atoms with Crippen LogP contribution in [0, 0.1) is 0 Å². The van der Waals surface area contributed by atoms with Gasteiger partial charge in [0.1, 0.15) is 0 Å². The summed E-state index contributed by atoms with van der Waals surface area (Å²) >= 11 is 0. The number of fused-ring (bicyclic) bond motifs is 1. The molecule has 0 bridgehead atoms. The Morgan fingerprint density at radius 2 is 2.18 bits per heavy atom. The minimum atomic E-state index is -0.888. The SMILES string of the molecule is C=Cc1ccc2c(C(=O)O)cn(C(C)C)c2c1. The van der Waals surface area contributed by atoms with Gasteiger partial charge in [-0.3, -0.25) is 0 Å². The molecule has 3 nitrogen and oxygen atoms in total. The first-order valence-electron chi connectivity index (χ1n) is 5.55. The average Bonchev–Trinajstić information content (AvgIpc) is 2.67. The van der Waals surface area contributed by atoms with Crippen molar-refractivity contribution in [1.29, 1.82) is 0 Å². The number of benzene rings is 1. The highest BCUT2D eigenvalue weighted by molar-refractivity contribution is 6.03. The van der Waals surface area contributed by atoms with Crippen LogP contribution >= 0.6 is 0 Å². The zero-order valence-electron chi connectivity index (χ0n) is 9.97. The lowest BCUT2D eigenvalue weighted by Gasteiger charge is -2.09. The van der Waals surface area contributed by atoms with Gasteiger partial charge in [-0.2, -0.15) is 0 Å². The van der Waals surface area contributed by atoms with E-state index in [-0.39, 0.29) is 6.04 Å². The van der Waals surface area contributed by atoms with Crippen LogP contribution in [0.4, 0.5) is 0 Å². The topological polar surface area (TPSA) is 42.2 Å². The second-order valence-electron chi connectivity index (χ2n) is 4.33. The third-order valence-corrected chi connectivity index (χ3v) is 2.88. The molecule has 1 heterocycles. The molecule has 1 aromatic carbocycles. The average molecular weight is 229 g/mol. The predicted molar refractivity (Wildman–Crippen MR) is 69.4 cm³/mol. The maximum absolute atomic E-state index is 11.2. The fraction of sp³-hybridized carbons (Fsp3) is 0.214. The van der Waals surface area contributed by atoms with Crippen molar-refractivity contribution < 1.29 is 9.90 Å². The smallest absolute Gasteiger partial charge is 0.337 e. The highest BCUT2D eigenvalue weighted by Crippen LogP contribution is 2.26. The van der Waals surface area contributed by atoms with Crippen LogP contribution in [0.3, 0.4) is 0 Å². The van der Waals surface area contributed by atoms with Crippen LogP contribution < -0.4 is 0 Å². The first kappa shape index (κ1) is 11.5. The number of carboxylic acid groups (broad SMARTS) is 1. The predicted octanol–water partition coefficient (Wildman–Crippen LogP) is 3.56. The first-order valence-corrected chi connectivity index (χ1v) is 5.55. The Morgan fingerprint density at radius 3 is 2.71 bits per heavy atom. The molecule has 88 valence electrons. The van der Waals surface area contributed by atoms with Crippen LogP contribution in [0.15, 0.2) is 31.0 Å². The van der Waals surface area contributed by atoms with Crippen LogP contribution in [0.2, 0.25) is 0 Å². The monoisotopic (exact) mass is 229 g/mol. The minimum absolute atomic E-state index is 0.227. The van der Waals surface area contributed by atoms with Gasteiger partial charge >= 0.3 is 5.97 Å². The number of hydrogen-bond donors (Lipinski definition) is 1. The Balaban J connectivity index is 2.81. The zero-order valence-corrected chi connectivity index (χ0v) is 9.97. The number of carboxylic acids is 1. The van der Waals surface area contributed by atoms with E-state index < -0.39 is 5.97 Å². The molecular formula is C14H15NO2. The van der Waals surface area contributed by atoms with Gasteiger partial charge in [-0.15, -0.1) is 0 Å². The Morgan fingerprint density at radius 1 is 1.47 bits per heavy atom. The van der Waals surface area contributed by atoms with E-state index in [2.05, 4.69) is 6.58 Å². The molecule has 2 rings (SSSR count). The third-order valence-electron chi connectivity index (χ3n) is 2.88. The summed E-state index contributed by atoms with van der Waals surface area (Å²) in [4.78, 5) is 11.2. The highest BCUT2D eigenvalue weighted by Gasteiger charge is 2.15. The van der Waals surface area contributed by atoms with Gasteiger partial charge < -0.3 is 9.67 Å². The van der Waals surface area contributed by atoms with Crippen LogP contribution in [0.25, 0.3) is 17.0 Å². The molecule has 1 N–H and O–H groups in total. The second kappa shape index (κ2) is 4.09. The lowest BCUT2D eigenvalue weighted by molar-refractivity contribution is 0.0699. The van der Waals surface area contributed by atoms with Crippen LogP contribution in [-0.4, -0.2) is 15.6 Å². The number of rotatable bonds is 3. The number of aromatic nitrogens is 1. The van der Waals surface area contributed by atoms with Crippen molar-refractivity contribution in [2.45, 2.75) is 19.9 Å². The fourth-order valence-electron chi connectivity index (χ4n) is 1.99. The normalized spacial score (nSPS) is 11.0. The van der Waals surface area contributed by atoms with Crippen molar-refractivity contribution in [1.82, 2.24) is 4.57 Å². The van der Waals surface area contributed by atoms with Crippen LogP contribution in [0.5, 0.6) is 0 Å². The third kappa shape index (κ3) is 1.84. The zero-order chi connectivity index (χ0) is 12.6. The van der Waals surface area contributed by atoms with E-state index in [1.54, 1.807) is 12.3 Å². The van der Waals surface area contributed by atoms with E-state index in [9.17, 15) is 9.90 Å². The molecule has 0 amide bonds.